The predicted molar refractivity (Wildman–Crippen MR) is 60.3 cm³/mol. The number of carbonyl (C=O) groups excluding carboxylic acids is 1. The average molecular weight is 203 g/mol. The van der Waals surface area contributed by atoms with Crippen molar-refractivity contribution in [3.8, 4) is 0 Å². The third-order valence-corrected chi connectivity index (χ3v) is 1.58. The van der Waals surface area contributed by atoms with Gasteiger partial charge in [-0.1, -0.05) is 27.7 Å². The van der Waals surface area contributed by atoms with Gasteiger partial charge >= 0.3 is 5.97 Å². The van der Waals surface area contributed by atoms with E-state index in [1.807, 2.05) is 41.5 Å². The van der Waals surface area contributed by atoms with Crippen molar-refractivity contribution in [3.05, 3.63) is 0 Å². The molecule has 0 unspecified atom stereocenters. The molecular formula is C11H25NO2. The second-order valence-electron chi connectivity index (χ2n) is 3.50. The van der Waals surface area contributed by atoms with Crippen LogP contribution >= 0.6 is 0 Å². The standard InChI is InChI=1S/C9H19NO2.C2H6/c1-6(2)8(10-5)9(11)12-7(3)4;1-2/h6-8,10H,1-5H3;1-2H3/t8-;/m0./s1. The molecule has 1 N–H and O–H groups in total. The van der Waals surface area contributed by atoms with E-state index in [1.165, 1.54) is 0 Å². The average Bonchev–Trinajstić information content (AvgIpc) is 2.06. The quantitative estimate of drug-likeness (QED) is 0.712. The fourth-order valence-electron chi connectivity index (χ4n) is 1.03. The Morgan fingerprint density at radius 3 is 1.79 bits per heavy atom. The van der Waals surface area contributed by atoms with Crippen molar-refractivity contribution < 1.29 is 9.53 Å². The number of hydrogen-bond acceptors (Lipinski definition) is 3. The van der Waals surface area contributed by atoms with Gasteiger partial charge in [-0.3, -0.25) is 4.79 Å². The van der Waals surface area contributed by atoms with E-state index in [9.17, 15) is 4.79 Å². The molecular weight excluding hydrogens is 178 g/mol. The lowest BCUT2D eigenvalue weighted by Gasteiger charge is -2.19. The lowest BCUT2D eigenvalue weighted by Crippen LogP contribution is -2.40. The smallest absolute Gasteiger partial charge is 0.323 e. The molecule has 0 aliphatic rings. The molecule has 3 heteroatoms. The Kier molecular flexibility index (Phi) is 10.2. The Bertz CT molecular complexity index is 144. The van der Waals surface area contributed by atoms with Crippen molar-refractivity contribution >= 4 is 5.97 Å². The van der Waals surface area contributed by atoms with Crippen LogP contribution in [0.2, 0.25) is 0 Å². The lowest BCUT2D eigenvalue weighted by atomic mass is 10.1. The van der Waals surface area contributed by atoms with Crippen molar-refractivity contribution in [3.63, 3.8) is 0 Å². The number of likely N-dealkylation sites (N-methyl/N-ethyl adjacent to an activating group) is 1. The van der Waals surface area contributed by atoms with Gasteiger partial charge in [0.05, 0.1) is 6.10 Å². The Hall–Kier alpha value is -0.570. The highest BCUT2D eigenvalue weighted by molar-refractivity contribution is 5.76. The summed E-state index contributed by atoms with van der Waals surface area (Å²) < 4.78 is 5.06. The van der Waals surface area contributed by atoms with E-state index in [0.717, 1.165) is 0 Å². The van der Waals surface area contributed by atoms with E-state index in [1.54, 1.807) is 7.05 Å². The van der Waals surface area contributed by atoms with Gasteiger partial charge in [-0.25, -0.2) is 0 Å². The molecule has 0 aromatic heterocycles. The first-order valence-electron chi connectivity index (χ1n) is 5.36. The molecule has 0 amide bonds. The molecule has 0 aliphatic heterocycles. The molecule has 0 bridgehead atoms. The number of hydrogen-bond donors (Lipinski definition) is 1. The van der Waals surface area contributed by atoms with Crippen molar-refractivity contribution in [1.29, 1.82) is 0 Å². The van der Waals surface area contributed by atoms with Crippen LogP contribution in [0.1, 0.15) is 41.5 Å². The van der Waals surface area contributed by atoms with Gasteiger partial charge in [-0.2, -0.15) is 0 Å². The van der Waals surface area contributed by atoms with E-state index >= 15 is 0 Å². The van der Waals surface area contributed by atoms with Gasteiger partial charge in [0.2, 0.25) is 0 Å². The summed E-state index contributed by atoms with van der Waals surface area (Å²) >= 11 is 0. The van der Waals surface area contributed by atoms with Crippen LogP contribution in [0.25, 0.3) is 0 Å². The number of esters is 1. The van der Waals surface area contributed by atoms with E-state index in [4.69, 9.17) is 4.74 Å². The zero-order valence-corrected chi connectivity index (χ0v) is 10.5. The largest absolute Gasteiger partial charge is 0.462 e. The molecule has 0 aromatic rings. The minimum atomic E-state index is -0.188. The van der Waals surface area contributed by atoms with Crippen molar-refractivity contribution in [2.24, 2.45) is 5.92 Å². The summed E-state index contributed by atoms with van der Waals surface area (Å²) in [4.78, 5) is 11.3. The van der Waals surface area contributed by atoms with Gasteiger partial charge in [0.15, 0.2) is 0 Å². The number of rotatable bonds is 4. The van der Waals surface area contributed by atoms with Crippen LogP contribution in [-0.4, -0.2) is 25.2 Å². The van der Waals surface area contributed by atoms with E-state index in [0.29, 0.717) is 0 Å². The van der Waals surface area contributed by atoms with Crippen molar-refractivity contribution in [2.75, 3.05) is 7.05 Å². The topological polar surface area (TPSA) is 38.3 Å². The number of carbonyl (C=O) groups is 1. The van der Waals surface area contributed by atoms with Crippen molar-refractivity contribution in [2.45, 2.75) is 53.7 Å². The first-order valence-corrected chi connectivity index (χ1v) is 5.36. The highest BCUT2D eigenvalue weighted by Gasteiger charge is 2.21. The second-order valence-corrected chi connectivity index (χ2v) is 3.50. The summed E-state index contributed by atoms with van der Waals surface area (Å²) in [6, 6.07) is -0.188. The maximum atomic E-state index is 11.3. The van der Waals surface area contributed by atoms with Gasteiger partial charge in [0, 0.05) is 0 Å². The number of nitrogens with one attached hydrogen (secondary N) is 1. The second kappa shape index (κ2) is 9.00. The monoisotopic (exact) mass is 203 g/mol. The normalized spacial score (nSPS) is 12.1. The first-order chi connectivity index (χ1) is 6.49. The lowest BCUT2D eigenvalue weighted by molar-refractivity contribution is -0.151. The molecule has 14 heavy (non-hydrogen) atoms. The minimum Gasteiger partial charge on any atom is -0.462 e. The van der Waals surface area contributed by atoms with Crippen LogP contribution in [0.5, 0.6) is 0 Å². The molecule has 0 saturated heterocycles. The molecule has 3 nitrogen and oxygen atoms in total. The fraction of sp³-hybridized carbons (Fsp3) is 0.909. The van der Waals surface area contributed by atoms with Crippen LogP contribution in [-0.2, 0) is 9.53 Å². The van der Waals surface area contributed by atoms with Crippen LogP contribution in [0.3, 0.4) is 0 Å². The zero-order valence-electron chi connectivity index (χ0n) is 10.5. The van der Waals surface area contributed by atoms with Gasteiger partial charge < -0.3 is 10.1 Å². The maximum absolute atomic E-state index is 11.3. The summed E-state index contributed by atoms with van der Waals surface area (Å²) in [6.45, 7) is 11.7. The van der Waals surface area contributed by atoms with Gasteiger partial charge in [0.1, 0.15) is 6.04 Å². The molecule has 86 valence electrons. The number of ether oxygens (including phenoxy) is 1. The third kappa shape index (κ3) is 6.89. The summed E-state index contributed by atoms with van der Waals surface area (Å²) in [5, 5.41) is 2.93. The van der Waals surface area contributed by atoms with Crippen LogP contribution in [0, 0.1) is 5.92 Å². The fourth-order valence-corrected chi connectivity index (χ4v) is 1.03. The summed E-state index contributed by atoms with van der Waals surface area (Å²) in [6.07, 6.45) is -0.0351. The highest BCUT2D eigenvalue weighted by atomic mass is 16.5. The summed E-state index contributed by atoms with van der Waals surface area (Å²) in [7, 11) is 1.77. The molecule has 0 aromatic carbocycles. The molecule has 0 fully saturated rings. The van der Waals surface area contributed by atoms with Gasteiger partial charge in [-0.15, -0.1) is 0 Å². The van der Waals surface area contributed by atoms with Crippen LogP contribution in [0.15, 0.2) is 0 Å². The minimum absolute atomic E-state index is 0.0351. The summed E-state index contributed by atoms with van der Waals surface area (Å²) in [5.41, 5.74) is 0. The Morgan fingerprint density at radius 2 is 1.57 bits per heavy atom. The molecule has 0 radical (unpaired) electrons. The maximum Gasteiger partial charge on any atom is 0.323 e. The SMILES string of the molecule is CC.CN[C@H](C(=O)OC(C)C)C(C)C. The van der Waals surface area contributed by atoms with E-state index in [-0.39, 0.29) is 24.0 Å². The third-order valence-electron chi connectivity index (χ3n) is 1.58. The molecule has 0 aliphatic carbocycles. The molecule has 1 atom stereocenters. The molecule has 0 spiro atoms. The van der Waals surface area contributed by atoms with Crippen LogP contribution < -0.4 is 5.32 Å². The highest BCUT2D eigenvalue weighted by Crippen LogP contribution is 2.04. The molecule has 0 heterocycles. The van der Waals surface area contributed by atoms with Crippen LogP contribution in [0.4, 0.5) is 0 Å². The van der Waals surface area contributed by atoms with Crippen molar-refractivity contribution in [1.82, 2.24) is 5.32 Å². The van der Waals surface area contributed by atoms with Gasteiger partial charge in [0.25, 0.3) is 0 Å². The van der Waals surface area contributed by atoms with E-state index in [2.05, 4.69) is 5.32 Å². The molecule has 0 saturated carbocycles. The zero-order chi connectivity index (χ0) is 11.7. The first kappa shape index (κ1) is 15.9. The predicted octanol–water partition coefficient (Wildman–Crippen LogP) is 2.21. The Labute approximate surface area is 88.2 Å². The van der Waals surface area contributed by atoms with Gasteiger partial charge in [-0.05, 0) is 26.8 Å². The Morgan fingerprint density at radius 1 is 1.14 bits per heavy atom. The summed E-state index contributed by atoms with van der Waals surface area (Å²) in [5.74, 6) is 0.101. The molecule has 0 rings (SSSR count). The Balaban J connectivity index is 0. The van der Waals surface area contributed by atoms with E-state index < -0.39 is 0 Å².